The first-order valence-corrected chi connectivity index (χ1v) is 6.47. The first kappa shape index (κ1) is 16.0. The van der Waals surface area contributed by atoms with Crippen molar-refractivity contribution in [2.24, 2.45) is 0 Å². The number of hydrogen-bond acceptors (Lipinski definition) is 5. The lowest BCUT2D eigenvalue weighted by atomic mass is 10.1. The molecule has 0 aliphatic heterocycles. The summed E-state index contributed by atoms with van der Waals surface area (Å²) in [4.78, 5) is 37.6. The van der Waals surface area contributed by atoms with E-state index in [0.717, 1.165) is 0 Å². The number of carboxylic acids is 1. The van der Waals surface area contributed by atoms with Crippen molar-refractivity contribution in [3.05, 3.63) is 75.3 Å². The van der Waals surface area contributed by atoms with Crippen molar-refractivity contribution in [3.8, 4) is 0 Å². The number of anilines is 1. The zero-order valence-electron chi connectivity index (χ0n) is 11.8. The molecule has 0 atom stereocenters. The van der Waals surface area contributed by atoms with Crippen LogP contribution in [0.5, 0.6) is 0 Å². The smallest absolute Gasteiger partial charge is 0.336 e. The second-order valence-corrected chi connectivity index (χ2v) is 4.50. The molecule has 8 nitrogen and oxygen atoms in total. The van der Waals surface area contributed by atoms with Gasteiger partial charge in [-0.2, -0.15) is 0 Å². The fraction of sp³-hybridized carbons (Fsp3) is 0.0667. The second-order valence-electron chi connectivity index (χ2n) is 4.50. The summed E-state index contributed by atoms with van der Waals surface area (Å²) in [5.74, 6) is -1.75. The molecule has 23 heavy (non-hydrogen) atoms. The molecule has 0 unspecified atom stereocenters. The summed E-state index contributed by atoms with van der Waals surface area (Å²) in [5.41, 5.74) is 0.937. The lowest BCUT2D eigenvalue weighted by molar-refractivity contribution is -0.763. The summed E-state index contributed by atoms with van der Waals surface area (Å²) in [6.45, 7) is -0.191. The fourth-order valence-electron chi connectivity index (χ4n) is 1.88. The molecule has 2 N–H and O–H groups in total. The van der Waals surface area contributed by atoms with Crippen LogP contribution in [-0.2, 0) is 11.4 Å². The Morgan fingerprint density at radius 1 is 1.09 bits per heavy atom. The van der Waals surface area contributed by atoms with E-state index in [2.05, 4.69) is 10.2 Å². The van der Waals surface area contributed by atoms with Gasteiger partial charge < -0.3 is 15.3 Å². The van der Waals surface area contributed by atoms with Crippen LogP contribution in [0.4, 0.5) is 5.69 Å². The quantitative estimate of drug-likeness (QED) is 0.623. The van der Waals surface area contributed by atoms with Gasteiger partial charge in [-0.1, -0.05) is 24.3 Å². The van der Waals surface area contributed by atoms with Gasteiger partial charge in [0.25, 0.3) is 11.0 Å². The Morgan fingerprint density at radius 3 is 2.26 bits per heavy atom. The molecule has 118 valence electrons. The van der Waals surface area contributed by atoms with Gasteiger partial charge in [0.1, 0.15) is 6.61 Å². The standard InChI is InChI=1S/C15H12N2O6/c18-14(12-3-1-2-4-13(12)15(19)20)16-11-7-5-10(6-8-11)9-23-17(21)22/h1-8H,9H2,(H,16,18)(H,19,20). The Kier molecular flexibility index (Phi) is 4.88. The third-order valence-electron chi connectivity index (χ3n) is 2.95. The van der Waals surface area contributed by atoms with Crippen molar-refractivity contribution < 1.29 is 24.6 Å². The minimum Gasteiger partial charge on any atom is -0.478 e. The molecule has 2 aromatic rings. The maximum atomic E-state index is 12.2. The van der Waals surface area contributed by atoms with E-state index in [9.17, 15) is 19.7 Å². The maximum absolute atomic E-state index is 12.2. The molecule has 0 bridgehead atoms. The highest BCUT2D eigenvalue weighted by Gasteiger charge is 2.15. The van der Waals surface area contributed by atoms with Gasteiger partial charge in [-0.25, -0.2) is 4.79 Å². The summed E-state index contributed by atoms with van der Waals surface area (Å²) in [6, 6.07) is 12.1. The average molecular weight is 316 g/mol. The Bertz CT molecular complexity index is 742. The number of rotatable bonds is 6. The van der Waals surface area contributed by atoms with Crippen molar-refractivity contribution in [3.63, 3.8) is 0 Å². The Hall–Kier alpha value is -3.42. The largest absolute Gasteiger partial charge is 0.478 e. The van der Waals surface area contributed by atoms with E-state index in [1.54, 1.807) is 30.3 Å². The van der Waals surface area contributed by atoms with Crippen molar-refractivity contribution in [2.45, 2.75) is 6.61 Å². The van der Waals surface area contributed by atoms with E-state index in [-0.39, 0.29) is 17.7 Å². The molecule has 0 fully saturated rings. The second kappa shape index (κ2) is 7.03. The number of amides is 1. The monoisotopic (exact) mass is 316 g/mol. The molecule has 0 saturated heterocycles. The predicted octanol–water partition coefficient (Wildman–Crippen LogP) is 2.35. The van der Waals surface area contributed by atoms with Gasteiger partial charge in [0.05, 0.1) is 11.1 Å². The SMILES string of the molecule is O=C(O)c1ccccc1C(=O)Nc1ccc(CO[N+](=O)[O-])cc1. The van der Waals surface area contributed by atoms with Gasteiger partial charge in [-0.05, 0) is 29.8 Å². The number of nitrogens with zero attached hydrogens (tertiary/aromatic N) is 1. The van der Waals surface area contributed by atoms with Crippen molar-refractivity contribution >= 4 is 17.6 Å². The highest BCUT2D eigenvalue weighted by molar-refractivity contribution is 6.10. The van der Waals surface area contributed by atoms with Crippen molar-refractivity contribution in [1.82, 2.24) is 0 Å². The minimum absolute atomic E-state index is 0.0424. The first-order chi connectivity index (χ1) is 11.0. The molecule has 0 spiro atoms. The van der Waals surface area contributed by atoms with E-state index in [1.165, 1.54) is 18.2 Å². The number of benzene rings is 2. The molecule has 0 saturated carbocycles. The number of aromatic carboxylic acids is 1. The molecule has 2 rings (SSSR count). The summed E-state index contributed by atoms with van der Waals surface area (Å²) in [6.07, 6.45) is 0. The normalized spacial score (nSPS) is 9.91. The number of carbonyl (C=O) groups excluding carboxylic acids is 1. The Morgan fingerprint density at radius 2 is 1.70 bits per heavy atom. The molecule has 0 radical (unpaired) electrons. The molecular formula is C15H12N2O6. The van der Waals surface area contributed by atoms with Crippen LogP contribution in [0.15, 0.2) is 48.5 Å². The highest BCUT2D eigenvalue weighted by Crippen LogP contribution is 2.14. The van der Waals surface area contributed by atoms with Crippen molar-refractivity contribution in [1.29, 1.82) is 0 Å². The highest BCUT2D eigenvalue weighted by atomic mass is 16.9. The molecular weight excluding hydrogens is 304 g/mol. The minimum atomic E-state index is -1.19. The van der Waals surface area contributed by atoms with Crippen LogP contribution in [0.25, 0.3) is 0 Å². The van der Waals surface area contributed by atoms with Gasteiger partial charge in [0.15, 0.2) is 0 Å². The number of carbonyl (C=O) groups is 2. The van der Waals surface area contributed by atoms with Gasteiger partial charge in [-0.3, -0.25) is 4.79 Å². The lowest BCUT2D eigenvalue weighted by Crippen LogP contribution is -2.16. The van der Waals surface area contributed by atoms with Crippen LogP contribution in [0.2, 0.25) is 0 Å². The van der Waals surface area contributed by atoms with Gasteiger partial charge >= 0.3 is 5.97 Å². The third kappa shape index (κ3) is 4.27. The molecule has 0 aromatic heterocycles. The molecule has 0 aliphatic carbocycles. The Balaban J connectivity index is 2.09. The van der Waals surface area contributed by atoms with E-state index in [1.807, 2.05) is 0 Å². The molecule has 0 heterocycles. The van der Waals surface area contributed by atoms with Gasteiger partial charge in [0, 0.05) is 5.69 Å². The lowest BCUT2D eigenvalue weighted by Gasteiger charge is -2.08. The van der Waals surface area contributed by atoms with E-state index >= 15 is 0 Å². The molecule has 8 heteroatoms. The van der Waals surface area contributed by atoms with Crippen LogP contribution >= 0.6 is 0 Å². The zero-order valence-corrected chi connectivity index (χ0v) is 11.8. The summed E-state index contributed by atoms with van der Waals surface area (Å²) < 4.78 is 0. The van der Waals surface area contributed by atoms with Crippen LogP contribution in [0, 0.1) is 10.1 Å². The first-order valence-electron chi connectivity index (χ1n) is 6.47. The van der Waals surface area contributed by atoms with E-state index in [0.29, 0.717) is 11.3 Å². The number of carboxylic acid groups (broad SMARTS) is 1. The maximum Gasteiger partial charge on any atom is 0.336 e. The number of hydrogen-bond donors (Lipinski definition) is 2. The van der Waals surface area contributed by atoms with Crippen molar-refractivity contribution in [2.75, 3.05) is 5.32 Å². The van der Waals surface area contributed by atoms with E-state index in [4.69, 9.17) is 5.11 Å². The third-order valence-corrected chi connectivity index (χ3v) is 2.95. The molecule has 2 aromatic carbocycles. The predicted molar refractivity (Wildman–Crippen MR) is 79.6 cm³/mol. The van der Waals surface area contributed by atoms with Crippen LogP contribution in [0.3, 0.4) is 0 Å². The number of nitrogens with one attached hydrogen (secondary N) is 1. The summed E-state index contributed by atoms with van der Waals surface area (Å²) >= 11 is 0. The topological polar surface area (TPSA) is 119 Å². The molecule has 1 amide bonds. The van der Waals surface area contributed by atoms with Crippen LogP contribution in [-0.4, -0.2) is 22.1 Å². The van der Waals surface area contributed by atoms with Crippen LogP contribution in [0.1, 0.15) is 26.3 Å². The Labute approximate surface area is 130 Å². The van der Waals surface area contributed by atoms with Gasteiger partial charge in [-0.15, -0.1) is 10.1 Å². The van der Waals surface area contributed by atoms with E-state index < -0.39 is 17.0 Å². The average Bonchev–Trinajstić information content (AvgIpc) is 2.54. The fourth-order valence-corrected chi connectivity index (χ4v) is 1.88. The summed E-state index contributed by atoms with van der Waals surface area (Å²) in [5, 5.41) is 20.9. The van der Waals surface area contributed by atoms with Gasteiger partial charge in [0.2, 0.25) is 0 Å². The van der Waals surface area contributed by atoms with Crippen LogP contribution < -0.4 is 5.32 Å². The summed E-state index contributed by atoms with van der Waals surface area (Å²) in [7, 11) is 0. The molecule has 0 aliphatic rings. The zero-order chi connectivity index (χ0) is 16.8.